The van der Waals surface area contributed by atoms with Gasteiger partial charge in [-0.2, -0.15) is 0 Å². The lowest BCUT2D eigenvalue weighted by atomic mass is 10.0. The number of benzene rings is 2. The fourth-order valence-corrected chi connectivity index (χ4v) is 9.54. The first-order chi connectivity index (χ1) is 22.2. The smallest absolute Gasteiger partial charge is 0.408 e. The van der Waals surface area contributed by atoms with E-state index in [9.17, 15) is 18.0 Å². The summed E-state index contributed by atoms with van der Waals surface area (Å²) in [6, 6.07) is 15.7. The van der Waals surface area contributed by atoms with Crippen LogP contribution in [0, 0.1) is 0 Å². The molecule has 2 aromatic carbocycles. The lowest BCUT2D eigenvalue weighted by Crippen LogP contribution is -2.45. The Labute approximate surface area is 294 Å². The summed E-state index contributed by atoms with van der Waals surface area (Å²) in [5.74, 6) is 0.177. The van der Waals surface area contributed by atoms with Crippen molar-refractivity contribution < 1.29 is 27.5 Å². The average Bonchev–Trinajstić information content (AvgIpc) is 3.46. The van der Waals surface area contributed by atoms with Crippen molar-refractivity contribution in [3.8, 4) is 11.3 Å². The van der Waals surface area contributed by atoms with E-state index < -0.39 is 52.5 Å². The van der Waals surface area contributed by atoms with Gasteiger partial charge in [-0.1, -0.05) is 78.0 Å². The Bertz CT molecular complexity index is 1730. The number of ether oxygens (including phenoxy) is 2. The number of nitrogens with one attached hydrogen (secondary N) is 1. The fraction of sp³-hybridized carbons (Fsp3) is 0.514. The number of sulfonamides is 1. The molecule has 0 radical (unpaired) electrons. The second-order valence-electron chi connectivity index (χ2n) is 15.5. The van der Waals surface area contributed by atoms with Crippen molar-refractivity contribution in [2.75, 3.05) is 6.61 Å². The molecule has 1 fully saturated rings. The maximum Gasteiger partial charge on any atom is 0.408 e. The third kappa shape index (κ3) is 9.36. The van der Waals surface area contributed by atoms with E-state index >= 15 is 0 Å². The zero-order valence-electron chi connectivity index (χ0n) is 29.5. The van der Waals surface area contributed by atoms with Crippen LogP contribution in [0.1, 0.15) is 76.2 Å². The van der Waals surface area contributed by atoms with Crippen molar-refractivity contribution in [3.05, 3.63) is 76.2 Å². The van der Waals surface area contributed by atoms with Crippen molar-refractivity contribution >= 4 is 46.0 Å². The first-order valence-electron chi connectivity index (χ1n) is 16.2. The molecule has 2 heterocycles. The number of nitrogens with zero attached hydrogens (tertiary/aromatic N) is 3. The van der Waals surface area contributed by atoms with E-state index in [4.69, 9.17) is 14.5 Å². The van der Waals surface area contributed by atoms with Crippen LogP contribution in [-0.2, 0) is 37.4 Å². The van der Waals surface area contributed by atoms with E-state index in [1.807, 2.05) is 47.0 Å². The number of amides is 2. The zero-order valence-corrected chi connectivity index (χ0v) is 32.9. The minimum atomic E-state index is -3.92. The normalized spacial score (nSPS) is 17.4. The molecule has 1 N–H and O–H groups in total. The van der Waals surface area contributed by atoms with Crippen LogP contribution in [0.15, 0.2) is 59.2 Å². The van der Waals surface area contributed by atoms with Gasteiger partial charge in [0.2, 0.25) is 15.9 Å². The molecule has 48 heavy (non-hydrogen) atoms. The topological polar surface area (TPSA) is 120 Å². The predicted molar refractivity (Wildman–Crippen MR) is 195 cm³/mol. The van der Waals surface area contributed by atoms with Crippen molar-refractivity contribution in [3.63, 3.8) is 0 Å². The number of carbonyl (C=O) groups is 2. The Hall–Kier alpha value is -3.00. The van der Waals surface area contributed by atoms with Crippen molar-refractivity contribution in [1.82, 2.24) is 19.2 Å². The molecule has 3 aromatic rings. The van der Waals surface area contributed by atoms with Gasteiger partial charge >= 0.3 is 6.09 Å². The molecule has 10 nitrogen and oxygen atoms in total. The summed E-state index contributed by atoms with van der Waals surface area (Å²) in [6.07, 6.45) is 1.40. The molecule has 1 aliphatic heterocycles. The molecular formula is C35H49BrN4O6SSi. The van der Waals surface area contributed by atoms with Crippen LogP contribution >= 0.6 is 15.9 Å². The average molecular weight is 762 g/mol. The van der Waals surface area contributed by atoms with Gasteiger partial charge in [0.05, 0.1) is 29.9 Å². The Kier molecular flexibility index (Phi) is 11.4. The van der Waals surface area contributed by atoms with E-state index in [-0.39, 0.29) is 13.2 Å². The molecule has 0 aliphatic carbocycles. The summed E-state index contributed by atoms with van der Waals surface area (Å²) in [5.41, 5.74) is 1.57. The van der Waals surface area contributed by atoms with Crippen molar-refractivity contribution in [2.45, 2.75) is 109 Å². The minimum Gasteiger partial charge on any atom is -0.444 e. The molecule has 13 heteroatoms. The molecule has 1 aliphatic rings. The van der Waals surface area contributed by atoms with Gasteiger partial charge in [-0.3, -0.25) is 4.79 Å². The highest BCUT2D eigenvalue weighted by atomic mass is 79.9. The molecule has 1 saturated heterocycles. The monoisotopic (exact) mass is 760 g/mol. The molecule has 2 atom stereocenters. The highest BCUT2D eigenvalue weighted by Gasteiger charge is 2.50. The number of halogens is 1. The van der Waals surface area contributed by atoms with E-state index in [0.29, 0.717) is 28.9 Å². The first kappa shape index (κ1) is 37.8. The standard InChI is InChI=1S/C35H49BrN4O6SSi/c1-34(2,3)40-31(41)21-30(47(40,43)44)26-16-15-24(19-27(26)36)20-28(38-33(42)46-35(4,5)6)32-37-22-29(25-13-11-10-12-14-25)39(32)23-45-17-18-48(7,8)9/h10-16,19,22,28,30H,17-18,20-21,23H2,1-9H3,(H,38,42)/t28-,30?/m0/s1. The maximum absolute atomic E-state index is 13.5. The first-order valence-corrected chi connectivity index (χ1v) is 22.2. The van der Waals surface area contributed by atoms with Crippen LogP contribution in [0.3, 0.4) is 0 Å². The molecule has 0 bridgehead atoms. The number of carbonyl (C=O) groups excluding carboxylic acids is 2. The Morgan fingerprint density at radius 1 is 1.08 bits per heavy atom. The van der Waals surface area contributed by atoms with Gasteiger partial charge < -0.3 is 19.4 Å². The SMILES string of the molecule is CC(C)(C)OC(=O)N[C@@H](Cc1ccc(C2CC(=O)N(C(C)(C)C)S2(=O)=O)c(Br)c1)c1ncc(-c2ccccc2)n1COCC[Si](C)(C)C. The van der Waals surface area contributed by atoms with Crippen LogP contribution in [0.2, 0.25) is 25.7 Å². The number of aromatic nitrogens is 2. The summed E-state index contributed by atoms with van der Waals surface area (Å²) in [5, 5.41) is 2.04. The largest absolute Gasteiger partial charge is 0.444 e. The van der Waals surface area contributed by atoms with Gasteiger partial charge in [0.1, 0.15) is 23.4 Å². The van der Waals surface area contributed by atoms with Gasteiger partial charge in [0.15, 0.2) is 0 Å². The summed E-state index contributed by atoms with van der Waals surface area (Å²) in [7, 11) is -5.24. The number of hydrogen-bond donors (Lipinski definition) is 1. The second kappa shape index (κ2) is 14.5. The molecule has 262 valence electrons. The lowest BCUT2D eigenvalue weighted by Gasteiger charge is -2.31. The van der Waals surface area contributed by atoms with E-state index in [2.05, 4.69) is 40.9 Å². The Balaban J connectivity index is 1.71. The minimum absolute atomic E-state index is 0.127. The van der Waals surface area contributed by atoms with E-state index in [1.54, 1.807) is 53.8 Å². The third-order valence-electron chi connectivity index (χ3n) is 7.84. The van der Waals surface area contributed by atoms with Gasteiger partial charge in [-0.05, 0) is 70.3 Å². The van der Waals surface area contributed by atoms with Crippen molar-refractivity contribution in [1.29, 1.82) is 0 Å². The maximum atomic E-state index is 13.5. The summed E-state index contributed by atoms with van der Waals surface area (Å²) >= 11 is 3.60. The van der Waals surface area contributed by atoms with Crippen LogP contribution in [-0.4, -0.2) is 60.1 Å². The molecule has 0 saturated carbocycles. The third-order valence-corrected chi connectivity index (χ3v) is 12.6. The molecular weight excluding hydrogens is 712 g/mol. The molecule has 1 aromatic heterocycles. The van der Waals surface area contributed by atoms with Gasteiger partial charge in [-0.25, -0.2) is 22.5 Å². The number of alkyl carbamates (subject to hydrolysis) is 1. The quantitative estimate of drug-likeness (QED) is 0.156. The van der Waals surface area contributed by atoms with Crippen LogP contribution in [0.25, 0.3) is 11.3 Å². The number of hydrogen-bond acceptors (Lipinski definition) is 7. The number of rotatable bonds is 11. The second-order valence-corrected chi connectivity index (χ2v) is 23.9. The fourth-order valence-electron chi connectivity index (χ4n) is 5.67. The Morgan fingerprint density at radius 2 is 1.75 bits per heavy atom. The molecule has 1 unspecified atom stereocenters. The van der Waals surface area contributed by atoms with Gasteiger partial charge in [-0.15, -0.1) is 0 Å². The van der Waals surface area contributed by atoms with Gasteiger partial charge in [0.25, 0.3) is 0 Å². The van der Waals surface area contributed by atoms with E-state index in [1.165, 1.54) is 0 Å². The van der Waals surface area contributed by atoms with Crippen LogP contribution in [0.5, 0.6) is 0 Å². The molecule has 0 spiro atoms. The Morgan fingerprint density at radius 3 is 2.31 bits per heavy atom. The van der Waals surface area contributed by atoms with E-state index in [0.717, 1.165) is 27.2 Å². The summed E-state index contributed by atoms with van der Waals surface area (Å²) < 4.78 is 42.4. The zero-order chi connectivity index (χ0) is 35.7. The lowest BCUT2D eigenvalue weighted by molar-refractivity contribution is -0.128. The van der Waals surface area contributed by atoms with Crippen LogP contribution < -0.4 is 5.32 Å². The van der Waals surface area contributed by atoms with Gasteiger partial charge in [0, 0.05) is 25.6 Å². The summed E-state index contributed by atoms with van der Waals surface area (Å²) in [4.78, 5) is 30.8. The molecule has 2 amide bonds. The predicted octanol–water partition coefficient (Wildman–Crippen LogP) is 7.84. The number of imidazole rings is 1. The van der Waals surface area contributed by atoms with Crippen molar-refractivity contribution in [2.24, 2.45) is 0 Å². The van der Waals surface area contributed by atoms with Crippen LogP contribution in [0.4, 0.5) is 4.79 Å². The summed E-state index contributed by atoms with van der Waals surface area (Å²) in [6.45, 7) is 18.3. The highest BCUT2D eigenvalue weighted by Crippen LogP contribution is 2.43. The molecule has 4 rings (SSSR count). The highest BCUT2D eigenvalue weighted by molar-refractivity contribution is 9.10.